The number of nitrogens with zero attached hydrogens (tertiary/aromatic N) is 1. The van der Waals surface area contributed by atoms with E-state index in [1.54, 1.807) is 0 Å². The fourth-order valence-electron chi connectivity index (χ4n) is 1.19. The molecule has 1 rings (SSSR count). The average Bonchev–Trinajstić information content (AvgIpc) is 1.46. The standard InChI is InChI=1S/C7H16N2O2S/c1-7(2,3)6-4-9(5-6)12(8,10)11/h6H,4-5H2,1-3H3,(H2,8,10,11). The lowest BCUT2D eigenvalue weighted by molar-refractivity contribution is 0.0886. The van der Waals surface area contributed by atoms with Crippen molar-refractivity contribution in [2.45, 2.75) is 20.8 Å². The number of hydrogen-bond donors (Lipinski definition) is 1. The van der Waals surface area contributed by atoms with Gasteiger partial charge in [-0.25, -0.2) is 5.14 Å². The van der Waals surface area contributed by atoms with Crippen LogP contribution in [0.5, 0.6) is 0 Å². The molecule has 1 aliphatic heterocycles. The van der Waals surface area contributed by atoms with Crippen LogP contribution in [0, 0.1) is 11.3 Å². The van der Waals surface area contributed by atoms with Crippen LogP contribution in [-0.2, 0) is 10.2 Å². The van der Waals surface area contributed by atoms with E-state index in [0.29, 0.717) is 19.0 Å². The van der Waals surface area contributed by atoms with Crippen molar-refractivity contribution in [1.29, 1.82) is 0 Å². The van der Waals surface area contributed by atoms with Crippen molar-refractivity contribution in [2.24, 2.45) is 16.5 Å². The molecule has 0 saturated carbocycles. The molecule has 0 aromatic rings. The highest BCUT2D eigenvalue weighted by Gasteiger charge is 2.40. The van der Waals surface area contributed by atoms with Crippen LogP contribution in [0.15, 0.2) is 0 Å². The second-order valence-electron chi connectivity index (χ2n) is 4.42. The summed E-state index contributed by atoms with van der Waals surface area (Å²) in [5.74, 6) is 0.441. The van der Waals surface area contributed by atoms with Gasteiger partial charge in [0, 0.05) is 13.1 Å². The molecule has 2 N–H and O–H groups in total. The van der Waals surface area contributed by atoms with Crippen LogP contribution in [0.25, 0.3) is 0 Å². The first-order valence-electron chi connectivity index (χ1n) is 3.99. The molecule has 0 atom stereocenters. The minimum absolute atomic E-state index is 0.182. The fourth-order valence-corrected chi connectivity index (χ4v) is 1.97. The van der Waals surface area contributed by atoms with E-state index in [1.165, 1.54) is 4.31 Å². The molecule has 0 bridgehead atoms. The highest BCUT2D eigenvalue weighted by Crippen LogP contribution is 2.34. The lowest BCUT2D eigenvalue weighted by Crippen LogP contribution is -2.56. The van der Waals surface area contributed by atoms with E-state index >= 15 is 0 Å². The second kappa shape index (κ2) is 2.68. The van der Waals surface area contributed by atoms with E-state index in [0.717, 1.165) is 0 Å². The van der Waals surface area contributed by atoms with Crippen molar-refractivity contribution < 1.29 is 8.42 Å². The molecular formula is C7H16N2O2S. The maximum atomic E-state index is 10.8. The predicted molar refractivity (Wildman–Crippen MR) is 47.6 cm³/mol. The Kier molecular flexibility index (Phi) is 2.22. The molecule has 0 aromatic heterocycles. The molecule has 1 fully saturated rings. The molecule has 0 amide bonds. The van der Waals surface area contributed by atoms with E-state index in [2.05, 4.69) is 20.8 Å². The molecular weight excluding hydrogens is 176 g/mol. The summed E-state index contributed by atoms with van der Waals surface area (Å²) in [7, 11) is -3.43. The van der Waals surface area contributed by atoms with Gasteiger partial charge in [0.2, 0.25) is 0 Å². The summed E-state index contributed by atoms with van der Waals surface area (Å²) >= 11 is 0. The molecule has 0 radical (unpaired) electrons. The lowest BCUT2D eigenvalue weighted by Gasteiger charge is -2.44. The monoisotopic (exact) mass is 192 g/mol. The Bertz CT molecular complexity index is 260. The quantitative estimate of drug-likeness (QED) is 0.643. The molecule has 72 valence electrons. The smallest absolute Gasteiger partial charge is 0.216 e. The molecule has 0 unspecified atom stereocenters. The second-order valence-corrected chi connectivity index (χ2v) is 5.97. The van der Waals surface area contributed by atoms with Gasteiger partial charge in [-0.2, -0.15) is 12.7 Å². The maximum Gasteiger partial charge on any atom is 0.276 e. The molecule has 4 nitrogen and oxygen atoms in total. The molecule has 1 heterocycles. The van der Waals surface area contributed by atoms with Crippen molar-refractivity contribution in [3.63, 3.8) is 0 Å². The highest BCUT2D eigenvalue weighted by molar-refractivity contribution is 7.86. The Labute approximate surface area is 73.9 Å². The number of hydrogen-bond acceptors (Lipinski definition) is 2. The summed E-state index contributed by atoms with van der Waals surface area (Å²) in [6, 6.07) is 0. The van der Waals surface area contributed by atoms with Gasteiger partial charge in [-0.15, -0.1) is 0 Å². The van der Waals surface area contributed by atoms with Crippen molar-refractivity contribution in [1.82, 2.24) is 4.31 Å². The van der Waals surface area contributed by atoms with E-state index < -0.39 is 10.2 Å². The summed E-state index contributed by atoms with van der Waals surface area (Å²) in [6.45, 7) is 7.47. The highest BCUT2D eigenvalue weighted by atomic mass is 32.2. The van der Waals surface area contributed by atoms with Gasteiger partial charge in [0.05, 0.1) is 0 Å². The van der Waals surface area contributed by atoms with Gasteiger partial charge in [0.25, 0.3) is 10.2 Å². The molecule has 0 aromatic carbocycles. The zero-order chi connectivity index (χ0) is 9.57. The van der Waals surface area contributed by atoms with E-state index in [1.807, 2.05) is 0 Å². The van der Waals surface area contributed by atoms with Gasteiger partial charge in [0.1, 0.15) is 0 Å². The van der Waals surface area contributed by atoms with Crippen LogP contribution < -0.4 is 5.14 Å². The van der Waals surface area contributed by atoms with Gasteiger partial charge in [0.15, 0.2) is 0 Å². The van der Waals surface area contributed by atoms with Gasteiger partial charge >= 0.3 is 0 Å². The fraction of sp³-hybridized carbons (Fsp3) is 1.00. The first-order valence-corrected chi connectivity index (χ1v) is 5.49. The minimum Gasteiger partial charge on any atom is -0.216 e. The lowest BCUT2D eigenvalue weighted by atomic mass is 9.77. The largest absolute Gasteiger partial charge is 0.276 e. The van der Waals surface area contributed by atoms with Crippen LogP contribution in [0.2, 0.25) is 0 Å². The summed E-state index contributed by atoms with van der Waals surface area (Å²) in [5.41, 5.74) is 0.182. The zero-order valence-electron chi connectivity index (χ0n) is 7.74. The first-order chi connectivity index (χ1) is 5.21. The number of rotatable bonds is 1. The van der Waals surface area contributed by atoms with Gasteiger partial charge < -0.3 is 0 Å². The summed E-state index contributed by atoms with van der Waals surface area (Å²) in [4.78, 5) is 0. The molecule has 1 aliphatic rings. The van der Waals surface area contributed by atoms with Crippen LogP contribution in [0.3, 0.4) is 0 Å². The van der Waals surface area contributed by atoms with E-state index in [-0.39, 0.29) is 5.41 Å². The Hall–Kier alpha value is -0.130. The average molecular weight is 192 g/mol. The minimum atomic E-state index is -3.43. The topological polar surface area (TPSA) is 63.4 Å². The summed E-state index contributed by atoms with van der Waals surface area (Å²) in [5, 5.41) is 4.94. The maximum absolute atomic E-state index is 10.8. The van der Waals surface area contributed by atoms with Crippen molar-refractivity contribution in [3.8, 4) is 0 Å². The molecule has 0 spiro atoms. The SMILES string of the molecule is CC(C)(C)C1CN(S(N)(=O)=O)C1. The third-order valence-electron chi connectivity index (χ3n) is 2.43. The molecule has 1 saturated heterocycles. The van der Waals surface area contributed by atoms with Gasteiger partial charge in [-0.3, -0.25) is 0 Å². The Balaban J connectivity index is 2.50. The van der Waals surface area contributed by atoms with Gasteiger partial charge in [-0.1, -0.05) is 20.8 Å². The predicted octanol–water partition coefficient (Wildman–Crippen LogP) is 0.168. The Morgan fingerprint density at radius 1 is 1.33 bits per heavy atom. The van der Waals surface area contributed by atoms with E-state index in [4.69, 9.17) is 5.14 Å². The van der Waals surface area contributed by atoms with Gasteiger partial charge in [-0.05, 0) is 11.3 Å². The van der Waals surface area contributed by atoms with Crippen LogP contribution in [0.1, 0.15) is 20.8 Å². The van der Waals surface area contributed by atoms with Crippen molar-refractivity contribution >= 4 is 10.2 Å². The molecule has 5 heteroatoms. The van der Waals surface area contributed by atoms with Crippen LogP contribution in [0.4, 0.5) is 0 Å². The van der Waals surface area contributed by atoms with Crippen LogP contribution >= 0.6 is 0 Å². The van der Waals surface area contributed by atoms with Crippen molar-refractivity contribution in [2.75, 3.05) is 13.1 Å². The summed E-state index contributed by atoms with van der Waals surface area (Å²) in [6.07, 6.45) is 0. The normalized spacial score (nSPS) is 22.3. The number of nitrogens with two attached hydrogens (primary N) is 1. The first kappa shape index (κ1) is 9.95. The van der Waals surface area contributed by atoms with Crippen LogP contribution in [-0.4, -0.2) is 25.8 Å². The van der Waals surface area contributed by atoms with E-state index in [9.17, 15) is 8.42 Å². The molecule has 12 heavy (non-hydrogen) atoms. The Morgan fingerprint density at radius 2 is 1.75 bits per heavy atom. The third kappa shape index (κ3) is 1.97. The summed E-state index contributed by atoms with van der Waals surface area (Å²) < 4.78 is 22.9. The Morgan fingerprint density at radius 3 is 2.00 bits per heavy atom. The third-order valence-corrected chi connectivity index (χ3v) is 3.45. The zero-order valence-corrected chi connectivity index (χ0v) is 8.56. The van der Waals surface area contributed by atoms with Crippen molar-refractivity contribution in [3.05, 3.63) is 0 Å². The molecule has 0 aliphatic carbocycles.